The largest absolute Gasteiger partial charge is 0.288 e. The van der Waals surface area contributed by atoms with Crippen molar-refractivity contribution in [2.24, 2.45) is 0 Å². The normalized spacial score (nSPS) is 18.7. The van der Waals surface area contributed by atoms with Crippen molar-refractivity contribution in [1.82, 2.24) is 4.90 Å². The van der Waals surface area contributed by atoms with Gasteiger partial charge < -0.3 is 0 Å². The van der Waals surface area contributed by atoms with Crippen molar-refractivity contribution in [2.45, 2.75) is 0 Å². The molecule has 1 aliphatic heterocycles. The number of amides is 2. The predicted molar refractivity (Wildman–Crippen MR) is 35.5 cm³/mol. The number of thioether (sulfide) groups is 1. The van der Waals surface area contributed by atoms with Crippen molar-refractivity contribution >= 4 is 22.9 Å². The lowest BCUT2D eigenvalue weighted by Gasteiger charge is -2.08. The minimum atomic E-state index is -0.655. The van der Waals surface area contributed by atoms with Gasteiger partial charge in [0.25, 0.3) is 5.24 Å². The molecule has 1 aliphatic rings. The van der Waals surface area contributed by atoms with Gasteiger partial charge in [-0.2, -0.15) is 0 Å². The van der Waals surface area contributed by atoms with Crippen LogP contribution >= 0.6 is 11.8 Å². The van der Waals surface area contributed by atoms with Gasteiger partial charge in [-0.15, -0.1) is 0 Å². The third-order valence-electron chi connectivity index (χ3n) is 1.15. The first-order valence-electron chi connectivity index (χ1n) is 2.79. The summed E-state index contributed by atoms with van der Waals surface area (Å²) in [7, 11) is 0. The van der Waals surface area contributed by atoms with Crippen LogP contribution in [0.4, 0.5) is 9.18 Å². The van der Waals surface area contributed by atoms with E-state index in [-0.39, 0.29) is 23.4 Å². The highest BCUT2D eigenvalue weighted by atomic mass is 32.2. The molecule has 56 valence electrons. The van der Waals surface area contributed by atoms with Gasteiger partial charge in [0, 0.05) is 0 Å². The number of hydrogen-bond acceptors (Lipinski definition) is 3. The maximum absolute atomic E-state index is 11.6. The average molecular weight is 163 g/mol. The van der Waals surface area contributed by atoms with Crippen molar-refractivity contribution in [3.63, 3.8) is 0 Å². The molecule has 5 heteroatoms. The van der Waals surface area contributed by atoms with Gasteiger partial charge in [-0.05, 0) is 0 Å². The Kier molecular flexibility index (Phi) is 2.26. The van der Waals surface area contributed by atoms with Crippen LogP contribution in [0.5, 0.6) is 0 Å². The van der Waals surface area contributed by atoms with Gasteiger partial charge in [0.15, 0.2) is 0 Å². The zero-order valence-corrected chi connectivity index (χ0v) is 5.99. The highest BCUT2D eigenvalue weighted by Crippen LogP contribution is 2.17. The van der Waals surface area contributed by atoms with E-state index in [0.29, 0.717) is 0 Å². The van der Waals surface area contributed by atoms with E-state index in [1.54, 1.807) is 0 Å². The lowest BCUT2D eigenvalue weighted by molar-refractivity contribution is -0.124. The Hall–Kier alpha value is -0.580. The van der Waals surface area contributed by atoms with Gasteiger partial charge in [0.1, 0.15) is 6.67 Å². The molecule has 1 rings (SSSR count). The van der Waals surface area contributed by atoms with Crippen molar-refractivity contribution in [3.05, 3.63) is 0 Å². The summed E-state index contributed by atoms with van der Waals surface area (Å²) in [6.07, 6.45) is 0. The second kappa shape index (κ2) is 3.01. The van der Waals surface area contributed by atoms with Crippen LogP contribution in [0.25, 0.3) is 0 Å². The van der Waals surface area contributed by atoms with E-state index in [1.807, 2.05) is 0 Å². The summed E-state index contributed by atoms with van der Waals surface area (Å²) in [6.45, 7) is -0.747. The molecule has 0 aromatic carbocycles. The zero-order chi connectivity index (χ0) is 7.56. The topological polar surface area (TPSA) is 37.4 Å². The van der Waals surface area contributed by atoms with Gasteiger partial charge in [-0.25, -0.2) is 4.39 Å². The molecule has 1 saturated heterocycles. The molecule has 0 atom stereocenters. The summed E-state index contributed by atoms with van der Waals surface area (Å²) in [5.41, 5.74) is 0. The van der Waals surface area contributed by atoms with Gasteiger partial charge >= 0.3 is 0 Å². The molecule has 0 N–H and O–H groups in total. The quantitative estimate of drug-likeness (QED) is 0.599. The van der Waals surface area contributed by atoms with Crippen LogP contribution in [0.2, 0.25) is 0 Å². The first kappa shape index (κ1) is 7.53. The molecule has 0 saturated carbocycles. The van der Waals surface area contributed by atoms with Gasteiger partial charge in [0.05, 0.1) is 12.3 Å². The summed E-state index contributed by atoms with van der Waals surface area (Å²) in [6, 6.07) is 0. The van der Waals surface area contributed by atoms with E-state index < -0.39 is 6.67 Å². The van der Waals surface area contributed by atoms with Crippen LogP contribution in [0.1, 0.15) is 0 Å². The Balaban J connectivity index is 2.54. The molecule has 0 aromatic rings. The Bertz CT molecular complexity index is 157. The molecule has 0 unspecified atom stereocenters. The second-order valence-corrected chi connectivity index (χ2v) is 2.72. The number of carbonyl (C=O) groups excluding carboxylic acids is 2. The number of rotatable bonds is 2. The van der Waals surface area contributed by atoms with E-state index in [0.717, 1.165) is 16.7 Å². The third-order valence-corrected chi connectivity index (χ3v) is 2.01. The van der Waals surface area contributed by atoms with Crippen LogP contribution in [-0.2, 0) is 4.79 Å². The lowest BCUT2D eigenvalue weighted by Crippen LogP contribution is -2.30. The number of nitrogens with zero attached hydrogens (tertiary/aromatic N) is 1. The molecular weight excluding hydrogens is 157 g/mol. The van der Waals surface area contributed by atoms with Gasteiger partial charge in [-0.1, -0.05) is 11.8 Å². The number of hydrogen-bond donors (Lipinski definition) is 0. The predicted octanol–water partition coefficient (Wildman–Crippen LogP) is 0.651. The summed E-state index contributed by atoms with van der Waals surface area (Å²) in [4.78, 5) is 22.3. The Morgan fingerprint density at radius 3 is 2.70 bits per heavy atom. The number of alkyl halides is 1. The zero-order valence-electron chi connectivity index (χ0n) is 5.17. The molecule has 2 amide bonds. The van der Waals surface area contributed by atoms with Crippen molar-refractivity contribution in [3.8, 4) is 0 Å². The van der Waals surface area contributed by atoms with Crippen molar-refractivity contribution in [2.75, 3.05) is 19.0 Å². The third kappa shape index (κ3) is 1.29. The van der Waals surface area contributed by atoms with Crippen LogP contribution in [0, 0.1) is 0 Å². The van der Waals surface area contributed by atoms with E-state index >= 15 is 0 Å². The van der Waals surface area contributed by atoms with Gasteiger partial charge in [-0.3, -0.25) is 14.5 Å². The number of imide groups is 1. The molecule has 1 heterocycles. The molecule has 10 heavy (non-hydrogen) atoms. The lowest BCUT2D eigenvalue weighted by atomic mass is 10.5. The van der Waals surface area contributed by atoms with Crippen LogP contribution in [0.15, 0.2) is 0 Å². The Morgan fingerprint density at radius 2 is 2.30 bits per heavy atom. The molecular formula is C5H6FNO2S. The summed E-state index contributed by atoms with van der Waals surface area (Å²) >= 11 is 0.924. The van der Waals surface area contributed by atoms with E-state index in [2.05, 4.69) is 0 Å². The van der Waals surface area contributed by atoms with Crippen molar-refractivity contribution in [1.29, 1.82) is 0 Å². The molecule has 3 nitrogen and oxygen atoms in total. The Morgan fingerprint density at radius 1 is 1.60 bits per heavy atom. The first-order chi connectivity index (χ1) is 4.75. The molecule has 0 bridgehead atoms. The van der Waals surface area contributed by atoms with Crippen LogP contribution in [0.3, 0.4) is 0 Å². The average Bonchev–Trinajstić information content (AvgIpc) is 2.20. The minimum absolute atomic E-state index is 0.0926. The molecule has 1 fully saturated rings. The summed E-state index contributed by atoms with van der Waals surface area (Å²) < 4.78 is 11.6. The fourth-order valence-corrected chi connectivity index (χ4v) is 1.43. The van der Waals surface area contributed by atoms with Crippen LogP contribution < -0.4 is 0 Å². The fraction of sp³-hybridized carbons (Fsp3) is 0.600. The van der Waals surface area contributed by atoms with Crippen LogP contribution in [-0.4, -0.2) is 35.0 Å². The number of halogens is 1. The van der Waals surface area contributed by atoms with E-state index in [1.165, 1.54) is 0 Å². The minimum Gasteiger partial charge on any atom is -0.273 e. The molecule has 0 radical (unpaired) electrons. The molecule has 0 aliphatic carbocycles. The molecule has 0 aromatic heterocycles. The first-order valence-corrected chi connectivity index (χ1v) is 3.77. The second-order valence-electron chi connectivity index (χ2n) is 1.79. The maximum atomic E-state index is 11.6. The SMILES string of the molecule is O=C1CSC(=O)N1CCF. The fourth-order valence-electron chi connectivity index (χ4n) is 0.682. The highest BCUT2D eigenvalue weighted by molar-refractivity contribution is 8.14. The maximum Gasteiger partial charge on any atom is 0.288 e. The monoisotopic (exact) mass is 163 g/mol. The van der Waals surface area contributed by atoms with Gasteiger partial charge in [0.2, 0.25) is 5.91 Å². The smallest absolute Gasteiger partial charge is 0.273 e. The Labute approximate surface area is 61.6 Å². The number of carbonyl (C=O) groups is 2. The molecule has 0 spiro atoms. The van der Waals surface area contributed by atoms with E-state index in [4.69, 9.17) is 0 Å². The summed E-state index contributed by atoms with van der Waals surface area (Å²) in [5.74, 6) is -0.119. The van der Waals surface area contributed by atoms with Crippen molar-refractivity contribution < 1.29 is 14.0 Å². The highest BCUT2D eigenvalue weighted by Gasteiger charge is 2.28. The van der Waals surface area contributed by atoms with E-state index in [9.17, 15) is 14.0 Å². The summed E-state index contributed by atoms with van der Waals surface area (Å²) in [5, 5.41) is -0.331. The standard InChI is InChI=1S/C5H6FNO2S/c6-1-2-7-4(8)3-10-5(7)9/h1-3H2.